The molecule has 3 aromatic rings. The number of nitrogens with one attached hydrogen (secondary N) is 2. The molecule has 0 bridgehead atoms. The zero-order valence-corrected chi connectivity index (χ0v) is 18.6. The van der Waals surface area contributed by atoms with Gasteiger partial charge in [-0.15, -0.1) is 0 Å². The molecule has 0 saturated heterocycles. The number of rotatable bonds is 5. The van der Waals surface area contributed by atoms with Crippen LogP contribution in [0.5, 0.6) is 0 Å². The van der Waals surface area contributed by atoms with E-state index in [1.165, 1.54) is 27.8 Å². The van der Waals surface area contributed by atoms with Gasteiger partial charge in [0, 0.05) is 23.1 Å². The van der Waals surface area contributed by atoms with Crippen molar-refractivity contribution in [2.24, 2.45) is 5.92 Å². The molecule has 0 radical (unpaired) electrons. The molecule has 3 heterocycles. The monoisotopic (exact) mass is 404 g/mol. The lowest BCUT2D eigenvalue weighted by Crippen LogP contribution is -2.40. The third kappa shape index (κ3) is 2.60. The van der Waals surface area contributed by atoms with Gasteiger partial charge in [-0.3, -0.25) is 9.89 Å². The molecule has 0 saturated carbocycles. The highest BCUT2D eigenvalue weighted by molar-refractivity contribution is 6.11. The average Bonchev–Trinajstić information content (AvgIpc) is 3.36. The molecule has 0 spiro atoms. The van der Waals surface area contributed by atoms with Gasteiger partial charge in [-0.25, -0.2) is 0 Å². The van der Waals surface area contributed by atoms with Crippen molar-refractivity contribution in [2.45, 2.75) is 71.6 Å². The number of anilines is 1. The number of hydrogen-bond acceptors (Lipinski definition) is 2. The van der Waals surface area contributed by atoms with Crippen molar-refractivity contribution in [3.8, 4) is 11.4 Å². The summed E-state index contributed by atoms with van der Waals surface area (Å²) >= 11 is 0. The van der Waals surface area contributed by atoms with E-state index in [4.69, 9.17) is 0 Å². The largest absolute Gasteiger partial charge is 0.353 e. The van der Waals surface area contributed by atoms with Crippen LogP contribution in [0.3, 0.4) is 0 Å². The summed E-state index contributed by atoms with van der Waals surface area (Å²) in [6.45, 7) is 9.56. The van der Waals surface area contributed by atoms with Crippen LogP contribution in [0.2, 0.25) is 0 Å². The van der Waals surface area contributed by atoms with Crippen LogP contribution in [0.4, 0.5) is 5.69 Å². The maximum absolute atomic E-state index is 13.6. The fraction of sp³-hybridized carbons (Fsp3) is 0.520. The number of aromatic nitrogens is 3. The molecule has 5 nitrogen and oxygen atoms in total. The van der Waals surface area contributed by atoms with Crippen LogP contribution < -0.4 is 4.90 Å². The lowest BCUT2D eigenvalue weighted by molar-refractivity contribution is -0.123. The van der Waals surface area contributed by atoms with Crippen LogP contribution in [-0.2, 0) is 23.1 Å². The minimum atomic E-state index is -0.401. The van der Waals surface area contributed by atoms with E-state index in [9.17, 15) is 4.79 Å². The van der Waals surface area contributed by atoms with Gasteiger partial charge in [0.15, 0.2) is 0 Å². The summed E-state index contributed by atoms with van der Waals surface area (Å²) in [6.07, 6.45) is 7.87. The number of aromatic amines is 2. The summed E-state index contributed by atoms with van der Waals surface area (Å²) in [5, 5.41) is 8.77. The summed E-state index contributed by atoms with van der Waals surface area (Å²) in [7, 11) is 0. The summed E-state index contributed by atoms with van der Waals surface area (Å²) in [5.41, 5.74) is 8.04. The molecule has 5 heteroatoms. The number of aryl methyl sites for hydroxylation is 2. The Morgan fingerprint density at radius 2 is 1.97 bits per heavy atom. The van der Waals surface area contributed by atoms with E-state index in [1.54, 1.807) is 0 Å². The Labute approximate surface area is 178 Å². The second kappa shape index (κ2) is 7.00. The average molecular weight is 405 g/mol. The van der Waals surface area contributed by atoms with E-state index < -0.39 is 5.41 Å². The first-order valence-corrected chi connectivity index (χ1v) is 11.5. The molecular formula is C25H32N4O. The van der Waals surface area contributed by atoms with Gasteiger partial charge >= 0.3 is 0 Å². The van der Waals surface area contributed by atoms with E-state index in [0.29, 0.717) is 5.92 Å². The van der Waals surface area contributed by atoms with Gasteiger partial charge in [0.05, 0.1) is 23.0 Å². The summed E-state index contributed by atoms with van der Waals surface area (Å²) in [5.74, 6) is 0.864. The minimum absolute atomic E-state index is 0.290. The van der Waals surface area contributed by atoms with Crippen molar-refractivity contribution >= 4 is 22.5 Å². The van der Waals surface area contributed by atoms with Gasteiger partial charge in [0.1, 0.15) is 0 Å². The molecule has 1 aromatic carbocycles. The second-order valence-corrected chi connectivity index (χ2v) is 9.45. The summed E-state index contributed by atoms with van der Waals surface area (Å²) in [4.78, 5) is 19.4. The Kier molecular flexibility index (Phi) is 4.53. The van der Waals surface area contributed by atoms with Gasteiger partial charge in [-0.05, 0) is 73.3 Å². The first-order valence-electron chi connectivity index (χ1n) is 11.5. The Morgan fingerprint density at radius 3 is 2.70 bits per heavy atom. The Hall–Kier alpha value is -2.56. The number of hydrogen-bond donors (Lipinski definition) is 2. The van der Waals surface area contributed by atoms with Crippen LogP contribution in [0.15, 0.2) is 18.3 Å². The van der Waals surface area contributed by atoms with Crippen molar-refractivity contribution in [3.05, 3.63) is 35.0 Å². The molecule has 0 fully saturated rings. The van der Waals surface area contributed by atoms with Crippen LogP contribution in [0, 0.1) is 5.92 Å². The van der Waals surface area contributed by atoms with E-state index in [0.717, 1.165) is 62.0 Å². The van der Waals surface area contributed by atoms with Crippen molar-refractivity contribution < 1.29 is 4.79 Å². The topological polar surface area (TPSA) is 64.8 Å². The minimum Gasteiger partial charge on any atom is -0.353 e. The first kappa shape index (κ1) is 19.4. The van der Waals surface area contributed by atoms with Crippen molar-refractivity contribution in [1.29, 1.82) is 0 Å². The molecule has 1 aliphatic carbocycles. The van der Waals surface area contributed by atoms with E-state index >= 15 is 0 Å². The fourth-order valence-corrected chi connectivity index (χ4v) is 5.56. The number of benzene rings is 1. The van der Waals surface area contributed by atoms with Crippen molar-refractivity contribution in [3.63, 3.8) is 0 Å². The maximum atomic E-state index is 13.6. The van der Waals surface area contributed by atoms with E-state index in [-0.39, 0.29) is 5.91 Å². The van der Waals surface area contributed by atoms with Crippen LogP contribution in [-0.4, -0.2) is 27.6 Å². The Bertz CT molecular complexity index is 1120. The zero-order valence-electron chi connectivity index (χ0n) is 18.6. The first-order chi connectivity index (χ1) is 14.5. The van der Waals surface area contributed by atoms with E-state index in [2.05, 4.69) is 59.9 Å². The van der Waals surface area contributed by atoms with Crippen molar-refractivity contribution in [2.75, 3.05) is 11.4 Å². The molecule has 1 amide bonds. The number of nitrogens with zero attached hydrogens (tertiary/aromatic N) is 2. The number of carbonyl (C=O) groups is 1. The van der Waals surface area contributed by atoms with E-state index in [1.807, 2.05) is 6.20 Å². The smallest absolute Gasteiger partial charge is 0.237 e. The molecule has 0 unspecified atom stereocenters. The zero-order chi connectivity index (χ0) is 21.0. The van der Waals surface area contributed by atoms with Crippen molar-refractivity contribution in [1.82, 2.24) is 15.2 Å². The molecule has 2 N–H and O–H groups in total. The standard InChI is InChI=1S/C25H32N4O/c1-5-25(6-2)19-13-20-18(12-21(19)29(24(25)30)11-10-15(3)4)17-9-7-8-16-14-26-28-22(16)23(17)27-20/h12-15,27H,5-11H2,1-4H3,(H,26,28). The number of carbonyl (C=O) groups excluding carboxylic acids is 1. The highest BCUT2D eigenvalue weighted by Gasteiger charge is 2.48. The Balaban J connectivity index is 1.72. The van der Waals surface area contributed by atoms with Crippen LogP contribution in [0.1, 0.15) is 70.1 Å². The van der Waals surface area contributed by atoms with Gasteiger partial charge in [0.25, 0.3) is 0 Å². The summed E-state index contributed by atoms with van der Waals surface area (Å²) < 4.78 is 0. The predicted octanol–water partition coefficient (Wildman–Crippen LogP) is 5.50. The molecule has 0 atom stereocenters. The number of fused-ring (bicyclic) bond motifs is 6. The molecular weight excluding hydrogens is 372 g/mol. The quantitative estimate of drug-likeness (QED) is 0.590. The highest BCUT2D eigenvalue weighted by atomic mass is 16.2. The number of amides is 1. The SMILES string of the molecule is CCC1(CC)C(=O)N(CCC(C)C)c2cc3c4c([nH]c3cc21)-c1[nH]ncc1CCC4. The van der Waals surface area contributed by atoms with Crippen LogP contribution >= 0.6 is 0 Å². The lowest BCUT2D eigenvalue weighted by atomic mass is 9.76. The third-order valence-corrected chi connectivity index (χ3v) is 7.46. The highest BCUT2D eigenvalue weighted by Crippen LogP contribution is 2.49. The molecule has 5 rings (SSSR count). The third-order valence-electron chi connectivity index (χ3n) is 7.46. The van der Waals surface area contributed by atoms with Crippen LogP contribution in [0.25, 0.3) is 22.3 Å². The Morgan fingerprint density at radius 1 is 1.17 bits per heavy atom. The van der Waals surface area contributed by atoms with Gasteiger partial charge in [0.2, 0.25) is 5.91 Å². The predicted molar refractivity (Wildman–Crippen MR) is 122 cm³/mol. The second-order valence-electron chi connectivity index (χ2n) is 9.45. The van der Waals surface area contributed by atoms with Gasteiger partial charge in [-0.2, -0.15) is 5.10 Å². The van der Waals surface area contributed by atoms with Gasteiger partial charge < -0.3 is 9.88 Å². The van der Waals surface area contributed by atoms with Gasteiger partial charge in [-0.1, -0.05) is 27.7 Å². The number of H-pyrrole nitrogens is 2. The fourth-order valence-electron chi connectivity index (χ4n) is 5.56. The molecule has 30 heavy (non-hydrogen) atoms. The molecule has 2 aliphatic rings. The normalized spacial score (nSPS) is 17.4. The molecule has 1 aliphatic heterocycles. The lowest BCUT2D eigenvalue weighted by Gasteiger charge is -2.26. The molecule has 158 valence electrons. The molecule has 2 aromatic heterocycles. The summed E-state index contributed by atoms with van der Waals surface area (Å²) in [6, 6.07) is 4.57. The maximum Gasteiger partial charge on any atom is 0.237 e.